The highest BCUT2D eigenvalue weighted by atomic mass is 16.7. The van der Waals surface area contributed by atoms with Gasteiger partial charge in [0, 0.05) is 13.2 Å². The van der Waals surface area contributed by atoms with Crippen LogP contribution in [0.15, 0.2) is 18.2 Å². The fourth-order valence-electron chi connectivity index (χ4n) is 1.76. The van der Waals surface area contributed by atoms with Crippen LogP contribution in [0.2, 0.25) is 0 Å². The molecule has 0 aromatic heterocycles. The summed E-state index contributed by atoms with van der Waals surface area (Å²) in [5, 5.41) is 5.30. The van der Waals surface area contributed by atoms with Crippen molar-refractivity contribution in [1.82, 2.24) is 10.6 Å². The summed E-state index contributed by atoms with van der Waals surface area (Å²) in [6.07, 6.45) is -0.429. The maximum Gasteiger partial charge on any atom is 0.317 e. The fraction of sp³-hybridized carbons (Fsp3) is 0.562. The van der Waals surface area contributed by atoms with Crippen LogP contribution in [0, 0.1) is 13.8 Å². The second-order valence-corrected chi connectivity index (χ2v) is 4.76. The fourth-order valence-corrected chi connectivity index (χ4v) is 1.76. The van der Waals surface area contributed by atoms with E-state index in [2.05, 4.69) is 10.6 Å². The molecule has 0 unspecified atom stereocenters. The molecule has 0 spiro atoms. The minimum Gasteiger partial charge on any atom is -0.473 e. The van der Waals surface area contributed by atoms with Crippen LogP contribution < -0.4 is 15.4 Å². The van der Waals surface area contributed by atoms with Crippen LogP contribution in [0.3, 0.4) is 0 Å². The van der Waals surface area contributed by atoms with E-state index in [0.29, 0.717) is 13.2 Å². The molecule has 0 aliphatic heterocycles. The molecule has 0 radical (unpaired) electrons. The smallest absolute Gasteiger partial charge is 0.317 e. The first-order valence-corrected chi connectivity index (χ1v) is 7.51. The van der Waals surface area contributed by atoms with Gasteiger partial charge in [-0.25, -0.2) is 4.79 Å². The van der Waals surface area contributed by atoms with Crippen molar-refractivity contribution in [3.63, 3.8) is 0 Å². The van der Waals surface area contributed by atoms with E-state index in [1.807, 2.05) is 45.9 Å². The van der Waals surface area contributed by atoms with Crippen LogP contribution in [0.25, 0.3) is 0 Å². The second-order valence-electron chi connectivity index (χ2n) is 4.76. The Kier molecular flexibility index (Phi) is 8.32. The Morgan fingerprint density at radius 2 is 1.77 bits per heavy atom. The zero-order valence-electron chi connectivity index (χ0n) is 13.8. The van der Waals surface area contributed by atoms with Crippen molar-refractivity contribution in [3.05, 3.63) is 29.3 Å². The van der Waals surface area contributed by atoms with Crippen molar-refractivity contribution in [3.8, 4) is 5.75 Å². The second kappa shape index (κ2) is 10.0. The summed E-state index contributed by atoms with van der Waals surface area (Å²) in [6.45, 7) is 9.27. The van der Waals surface area contributed by atoms with Gasteiger partial charge in [0.05, 0.1) is 6.54 Å². The third-order valence-electron chi connectivity index (χ3n) is 3.08. The maximum absolute atomic E-state index is 11.7. The predicted octanol–water partition coefficient (Wildman–Crippen LogP) is 2.34. The van der Waals surface area contributed by atoms with Crippen molar-refractivity contribution in [1.29, 1.82) is 0 Å². The van der Waals surface area contributed by atoms with E-state index in [1.165, 1.54) is 5.56 Å². The Morgan fingerprint density at radius 3 is 2.36 bits per heavy atom. The first kappa shape index (κ1) is 18.3. The lowest BCUT2D eigenvalue weighted by atomic mass is 10.1. The first-order chi connectivity index (χ1) is 10.6. The number of carbonyl (C=O) groups is 1. The molecule has 0 bridgehead atoms. The van der Waals surface area contributed by atoms with E-state index in [9.17, 15) is 4.79 Å². The molecule has 2 N–H and O–H groups in total. The average Bonchev–Trinajstić information content (AvgIpc) is 2.49. The van der Waals surface area contributed by atoms with E-state index in [1.54, 1.807) is 0 Å². The summed E-state index contributed by atoms with van der Waals surface area (Å²) < 4.78 is 16.1. The highest BCUT2D eigenvalue weighted by Crippen LogP contribution is 2.15. The molecule has 0 aliphatic carbocycles. The molecule has 124 valence electrons. The van der Waals surface area contributed by atoms with Crippen LogP contribution in [0.4, 0.5) is 4.79 Å². The van der Waals surface area contributed by atoms with Crippen LogP contribution in [0.1, 0.15) is 25.0 Å². The van der Waals surface area contributed by atoms with Crippen LogP contribution in [0.5, 0.6) is 5.75 Å². The molecule has 0 fully saturated rings. The largest absolute Gasteiger partial charge is 0.473 e. The number of aryl methyl sites for hydroxylation is 2. The third-order valence-corrected chi connectivity index (χ3v) is 3.08. The van der Waals surface area contributed by atoms with Crippen molar-refractivity contribution < 1.29 is 19.0 Å². The normalized spacial score (nSPS) is 10.6. The Bertz CT molecular complexity index is 459. The molecule has 22 heavy (non-hydrogen) atoms. The number of ether oxygens (including phenoxy) is 3. The van der Waals surface area contributed by atoms with Gasteiger partial charge >= 0.3 is 6.03 Å². The van der Waals surface area contributed by atoms with E-state index in [0.717, 1.165) is 11.3 Å². The molecule has 2 amide bonds. The lowest BCUT2D eigenvalue weighted by Crippen LogP contribution is -2.42. The standard InChI is InChI=1S/C16H26N2O4/c1-5-20-15(21-6-2)10-17-16(19)18-11-22-14-8-7-12(3)13(4)9-14/h7-9,15H,5-6,10-11H2,1-4H3,(H2,17,18,19). The van der Waals surface area contributed by atoms with Gasteiger partial charge in [0.15, 0.2) is 13.0 Å². The molecule has 6 nitrogen and oxygen atoms in total. The number of urea groups is 1. The van der Waals surface area contributed by atoms with Crippen LogP contribution in [-0.4, -0.2) is 38.8 Å². The molecule has 0 heterocycles. The van der Waals surface area contributed by atoms with Gasteiger partial charge in [0.2, 0.25) is 0 Å². The van der Waals surface area contributed by atoms with Gasteiger partial charge in [-0.3, -0.25) is 0 Å². The molecule has 1 aromatic rings. The monoisotopic (exact) mass is 310 g/mol. The van der Waals surface area contributed by atoms with Gasteiger partial charge < -0.3 is 24.8 Å². The van der Waals surface area contributed by atoms with Crippen molar-refractivity contribution in [2.45, 2.75) is 34.0 Å². The Labute approximate surface area is 132 Å². The summed E-state index contributed by atoms with van der Waals surface area (Å²) in [7, 11) is 0. The lowest BCUT2D eigenvalue weighted by Gasteiger charge is -2.17. The molecule has 0 saturated heterocycles. The number of benzene rings is 1. The number of carbonyl (C=O) groups excluding carboxylic acids is 1. The SMILES string of the molecule is CCOC(CNC(=O)NCOc1ccc(C)c(C)c1)OCC. The highest BCUT2D eigenvalue weighted by molar-refractivity contribution is 5.73. The van der Waals surface area contributed by atoms with Crippen LogP contribution >= 0.6 is 0 Å². The Hall–Kier alpha value is -1.79. The van der Waals surface area contributed by atoms with E-state index >= 15 is 0 Å². The lowest BCUT2D eigenvalue weighted by molar-refractivity contribution is -0.131. The van der Waals surface area contributed by atoms with Gasteiger partial charge in [0.25, 0.3) is 0 Å². The summed E-state index contributed by atoms with van der Waals surface area (Å²) in [5.74, 6) is 0.727. The van der Waals surface area contributed by atoms with E-state index < -0.39 is 6.29 Å². The molecular formula is C16H26N2O4. The summed E-state index contributed by atoms with van der Waals surface area (Å²) in [6, 6.07) is 5.48. The molecular weight excluding hydrogens is 284 g/mol. The molecule has 1 aromatic carbocycles. The van der Waals surface area contributed by atoms with Gasteiger partial charge in [0.1, 0.15) is 5.75 Å². The van der Waals surface area contributed by atoms with Crippen molar-refractivity contribution in [2.75, 3.05) is 26.5 Å². The predicted molar refractivity (Wildman–Crippen MR) is 85.0 cm³/mol. The van der Waals surface area contributed by atoms with Gasteiger partial charge in [-0.1, -0.05) is 6.07 Å². The molecule has 0 atom stereocenters. The number of hydrogen-bond donors (Lipinski definition) is 2. The first-order valence-electron chi connectivity index (χ1n) is 7.51. The number of amides is 2. The average molecular weight is 310 g/mol. The molecule has 6 heteroatoms. The van der Waals surface area contributed by atoms with Gasteiger partial charge in [-0.2, -0.15) is 0 Å². The Balaban J connectivity index is 2.26. The zero-order chi connectivity index (χ0) is 16.4. The Morgan fingerprint density at radius 1 is 1.09 bits per heavy atom. The molecule has 0 aliphatic rings. The number of hydrogen-bond acceptors (Lipinski definition) is 4. The van der Waals surface area contributed by atoms with Crippen LogP contribution in [-0.2, 0) is 9.47 Å². The summed E-state index contributed by atoms with van der Waals surface area (Å²) in [4.78, 5) is 11.7. The summed E-state index contributed by atoms with van der Waals surface area (Å²) in [5.41, 5.74) is 2.36. The quantitative estimate of drug-likeness (QED) is 0.687. The minimum absolute atomic E-state index is 0.0995. The number of nitrogens with one attached hydrogen (secondary N) is 2. The third kappa shape index (κ3) is 6.78. The zero-order valence-corrected chi connectivity index (χ0v) is 13.8. The highest BCUT2D eigenvalue weighted by Gasteiger charge is 2.09. The van der Waals surface area contributed by atoms with E-state index in [-0.39, 0.29) is 19.3 Å². The van der Waals surface area contributed by atoms with E-state index in [4.69, 9.17) is 14.2 Å². The van der Waals surface area contributed by atoms with Gasteiger partial charge in [-0.05, 0) is 51.0 Å². The maximum atomic E-state index is 11.7. The van der Waals surface area contributed by atoms with Crippen molar-refractivity contribution in [2.24, 2.45) is 0 Å². The number of rotatable bonds is 9. The molecule has 1 rings (SSSR count). The van der Waals surface area contributed by atoms with Crippen molar-refractivity contribution >= 4 is 6.03 Å². The van der Waals surface area contributed by atoms with Gasteiger partial charge in [-0.15, -0.1) is 0 Å². The molecule has 0 saturated carbocycles. The minimum atomic E-state index is -0.429. The topological polar surface area (TPSA) is 68.8 Å². The summed E-state index contributed by atoms with van der Waals surface area (Å²) >= 11 is 0.